The lowest BCUT2D eigenvalue weighted by Gasteiger charge is -2.29. The monoisotopic (exact) mass is 301 g/mol. The lowest BCUT2D eigenvalue weighted by Crippen LogP contribution is -2.39. The first-order valence-corrected chi connectivity index (χ1v) is 7.97. The summed E-state index contributed by atoms with van der Waals surface area (Å²) in [7, 11) is 1.86. The smallest absolute Gasteiger partial charge is 0.231 e. The summed E-state index contributed by atoms with van der Waals surface area (Å²) in [5, 5.41) is 6.39. The van der Waals surface area contributed by atoms with E-state index >= 15 is 0 Å². The summed E-state index contributed by atoms with van der Waals surface area (Å²) >= 11 is 1.62. The maximum absolute atomic E-state index is 12.7. The van der Waals surface area contributed by atoms with Crippen LogP contribution < -0.4 is 5.32 Å². The molecule has 2 heterocycles. The fraction of sp³-hybridized carbons (Fsp3) is 0.375. The Labute approximate surface area is 128 Å². The van der Waals surface area contributed by atoms with E-state index in [1.54, 1.807) is 16.2 Å². The van der Waals surface area contributed by atoms with Crippen LogP contribution >= 0.6 is 11.3 Å². The van der Waals surface area contributed by atoms with Gasteiger partial charge in [-0.2, -0.15) is 0 Å². The molecule has 1 aromatic heterocycles. The van der Waals surface area contributed by atoms with E-state index in [1.165, 1.54) is 5.56 Å². The Morgan fingerprint density at radius 1 is 1.48 bits per heavy atom. The highest BCUT2D eigenvalue weighted by Gasteiger charge is 2.28. The third-order valence-electron chi connectivity index (χ3n) is 3.83. The third kappa shape index (κ3) is 2.99. The summed E-state index contributed by atoms with van der Waals surface area (Å²) in [6.07, 6.45) is 0. The van der Waals surface area contributed by atoms with Crippen molar-refractivity contribution in [2.24, 2.45) is 0 Å². The van der Waals surface area contributed by atoms with Crippen LogP contribution in [0.5, 0.6) is 0 Å². The summed E-state index contributed by atoms with van der Waals surface area (Å²) < 4.78 is 0. The molecule has 0 saturated carbocycles. The standard InChI is InChI=1S/C16H19N3OS/c1-11-18-13(10-21-11)9-19(2)16(20)15-8-17-7-12-5-3-4-6-14(12)15/h3-6,10,15,17H,7-9H2,1-2H3. The first-order chi connectivity index (χ1) is 10.1. The molecule has 0 fully saturated rings. The van der Waals surface area contributed by atoms with Crippen molar-refractivity contribution in [3.63, 3.8) is 0 Å². The second kappa shape index (κ2) is 5.95. The molecule has 0 saturated heterocycles. The molecule has 0 radical (unpaired) electrons. The van der Waals surface area contributed by atoms with Crippen LogP contribution in [0.4, 0.5) is 0 Å². The number of carbonyl (C=O) groups excluding carboxylic acids is 1. The molecule has 1 atom stereocenters. The Morgan fingerprint density at radius 3 is 3.05 bits per heavy atom. The fourth-order valence-electron chi connectivity index (χ4n) is 2.78. The Balaban J connectivity index is 1.76. The zero-order valence-corrected chi connectivity index (χ0v) is 13.1. The van der Waals surface area contributed by atoms with Gasteiger partial charge < -0.3 is 10.2 Å². The second-order valence-corrected chi connectivity index (χ2v) is 6.50. The third-order valence-corrected chi connectivity index (χ3v) is 4.66. The molecule has 1 aromatic carbocycles. The van der Waals surface area contributed by atoms with Crippen LogP contribution in [0.3, 0.4) is 0 Å². The minimum Gasteiger partial charge on any atom is -0.339 e. The summed E-state index contributed by atoms with van der Waals surface area (Å²) in [5.41, 5.74) is 3.34. The van der Waals surface area contributed by atoms with E-state index in [0.717, 1.165) is 22.8 Å². The van der Waals surface area contributed by atoms with Gasteiger partial charge in [-0.3, -0.25) is 4.79 Å². The number of amides is 1. The average Bonchev–Trinajstić information content (AvgIpc) is 2.91. The highest BCUT2D eigenvalue weighted by Crippen LogP contribution is 2.25. The number of nitrogens with zero attached hydrogens (tertiary/aromatic N) is 2. The number of aryl methyl sites for hydroxylation is 1. The Morgan fingerprint density at radius 2 is 2.29 bits per heavy atom. The van der Waals surface area contributed by atoms with Gasteiger partial charge in [-0.05, 0) is 18.1 Å². The number of rotatable bonds is 3. The molecule has 0 aliphatic carbocycles. The van der Waals surface area contributed by atoms with Gasteiger partial charge in [0.25, 0.3) is 0 Å². The molecule has 21 heavy (non-hydrogen) atoms. The summed E-state index contributed by atoms with van der Waals surface area (Å²) in [5.74, 6) is 0.0555. The number of hydrogen-bond acceptors (Lipinski definition) is 4. The Hall–Kier alpha value is -1.72. The number of aromatic nitrogens is 1. The van der Waals surface area contributed by atoms with Gasteiger partial charge in [0, 0.05) is 25.5 Å². The molecule has 1 amide bonds. The van der Waals surface area contributed by atoms with Gasteiger partial charge >= 0.3 is 0 Å². The predicted octanol–water partition coefficient (Wildman–Crippen LogP) is 2.30. The van der Waals surface area contributed by atoms with Gasteiger partial charge in [-0.1, -0.05) is 24.3 Å². The number of nitrogens with one attached hydrogen (secondary N) is 1. The maximum Gasteiger partial charge on any atom is 0.231 e. The second-order valence-electron chi connectivity index (χ2n) is 5.43. The van der Waals surface area contributed by atoms with E-state index in [-0.39, 0.29) is 11.8 Å². The number of carbonyl (C=O) groups is 1. The zero-order chi connectivity index (χ0) is 14.8. The van der Waals surface area contributed by atoms with Crippen LogP contribution in [-0.4, -0.2) is 29.4 Å². The highest BCUT2D eigenvalue weighted by atomic mass is 32.1. The number of fused-ring (bicyclic) bond motifs is 1. The highest BCUT2D eigenvalue weighted by molar-refractivity contribution is 7.09. The zero-order valence-electron chi connectivity index (χ0n) is 12.3. The van der Waals surface area contributed by atoms with Gasteiger partial charge in [0.05, 0.1) is 23.2 Å². The van der Waals surface area contributed by atoms with Crippen LogP contribution in [0, 0.1) is 6.92 Å². The van der Waals surface area contributed by atoms with E-state index in [2.05, 4.69) is 22.4 Å². The van der Waals surface area contributed by atoms with Crippen molar-refractivity contribution in [1.29, 1.82) is 0 Å². The molecule has 0 bridgehead atoms. The number of benzene rings is 1. The molecule has 1 aliphatic heterocycles. The minimum atomic E-state index is -0.0975. The van der Waals surface area contributed by atoms with Crippen LogP contribution in [0.15, 0.2) is 29.6 Å². The Kier molecular flexibility index (Phi) is 4.03. The first-order valence-electron chi connectivity index (χ1n) is 7.09. The van der Waals surface area contributed by atoms with E-state index < -0.39 is 0 Å². The van der Waals surface area contributed by atoms with Crippen molar-refractivity contribution < 1.29 is 4.79 Å². The molecule has 4 nitrogen and oxygen atoms in total. The van der Waals surface area contributed by atoms with E-state index in [4.69, 9.17) is 0 Å². The van der Waals surface area contributed by atoms with Gasteiger partial charge in [-0.25, -0.2) is 4.98 Å². The lowest BCUT2D eigenvalue weighted by atomic mass is 9.90. The van der Waals surface area contributed by atoms with Gasteiger partial charge in [0.1, 0.15) is 0 Å². The lowest BCUT2D eigenvalue weighted by molar-refractivity contribution is -0.132. The molecular formula is C16H19N3OS. The predicted molar refractivity (Wildman–Crippen MR) is 84.2 cm³/mol. The van der Waals surface area contributed by atoms with Gasteiger partial charge in [0.15, 0.2) is 0 Å². The molecule has 5 heteroatoms. The summed E-state index contributed by atoms with van der Waals surface area (Å²) in [4.78, 5) is 18.9. The molecule has 3 rings (SSSR count). The SMILES string of the molecule is Cc1nc(CN(C)C(=O)C2CNCc3ccccc32)cs1. The van der Waals surface area contributed by atoms with Crippen LogP contribution in [0.1, 0.15) is 27.7 Å². The molecular weight excluding hydrogens is 282 g/mol. The molecule has 1 aliphatic rings. The van der Waals surface area contributed by atoms with Crippen molar-refractivity contribution >= 4 is 17.2 Å². The minimum absolute atomic E-state index is 0.0975. The number of likely N-dealkylation sites (N-methyl/N-ethyl adjacent to an activating group) is 1. The largest absolute Gasteiger partial charge is 0.339 e. The maximum atomic E-state index is 12.7. The van der Waals surface area contributed by atoms with E-state index in [0.29, 0.717) is 13.1 Å². The van der Waals surface area contributed by atoms with E-state index in [1.807, 2.05) is 31.5 Å². The summed E-state index contributed by atoms with van der Waals surface area (Å²) in [6, 6.07) is 8.19. The van der Waals surface area contributed by atoms with Crippen molar-refractivity contribution in [3.8, 4) is 0 Å². The molecule has 1 N–H and O–H groups in total. The summed E-state index contributed by atoms with van der Waals surface area (Å²) in [6.45, 7) is 4.10. The van der Waals surface area contributed by atoms with Crippen LogP contribution in [0.25, 0.3) is 0 Å². The quantitative estimate of drug-likeness (QED) is 0.946. The Bertz CT molecular complexity index is 652. The van der Waals surface area contributed by atoms with Crippen LogP contribution in [-0.2, 0) is 17.9 Å². The van der Waals surface area contributed by atoms with Crippen molar-refractivity contribution in [3.05, 3.63) is 51.5 Å². The topological polar surface area (TPSA) is 45.2 Å². The van der Waals surface area contributed by atoms with Crippen molar-refractivity contribution in [2.45, 2.75) is 25.9 Å². The van der Waals surface area contributed by atoms with Gasteiger partial charge in [0.2, 0.25) is 5.91 Å². The molecule has 1 unspecified atom stereocenters. The van der Waals surface area contributed by atoms with Crippen molar-refractivity contribution in [1.82, 2.24) is 15.2 Å². The normalized spacial score (nSPS) is 17.3. The molecule has 110 valence electrons. The fourth-order valence-corrected chi connectivity index (χ4v) is 3.39. The number of thiazole rings is 1. The van der Waals surface area contributed by atoms with E-state index in [9.17, 15) is 4.79 Å². The number of hydrogen-bond donors (Lipinski definition) is 1. The average molecular weight is 301 g/mol. The molecule has 0 spiro atoms. The first kappa shape index (κ1) is 14.2. The molecule has 2 aromatic rings. The van der Waals surface area contributed by atoms with Crippen molar-refractivity contribution in [2.75, 3.05) is 13.6 Å². The van der Waals surface area contributed by atoms with Gasteiger partial charge in [-0.15, -0.1) is 11.3 Å². The van der Waals surface area contributed by atoms with Crippen LogP contribution in [0.2, 0.25) is 0 Å².